The van der Waals surface area contributed by atoms with Crippen LogP contribution in [0.5, 0.6) is 5.75 Å². The van der Waals surface area contributed by atoms with E-state index < -0.39 is 0 Å². The molecule has 0 bridgehead atoms. The van der Waals surface area contributed by atoms with Crippen LogP contribution in [0.25, 0.3) is 0 Å². The first-order valence-electron chi connectivity index (χ1n) is 9.98. The van der Waals surface area contributed by atoms with Crippen molar-refractivity contribution in [3.8, 4) is 5.75 Å². The lowest BCUT2D eigenvalue weighted by molar-refractivity contribution is -0.114. The summed E-state index contributed by atoms with van der Waals surface area (Å²) < 4.78 is 5.84. The summed E-state index contributed by atoms with van der Waals surface area (Å²) in [6, 6.07) is 24.0. The van der Waals surface area contributed by atoms with Gasteiger partial charge in [-0.2, -0.15) is 0 Å². The summed E-state index contributed by atoms with van der Waals surface area (Å²) >= 11 is 0. The summed E-state index contributed by atoms with van der Waals surface area (Å²) in [4.78, 5) is 12.3. The zero-order chi connectivity index (χ0) is 20.5. The molecule has 0 saturated carbocycles. The molecule has 0 aromatic heterocycles. The first kappa shape index (κ1) is 20.5. The maximum absolute atomic E-state index is 12.3. The van der Waals surface area contributed by atoms with Gasteiger partial charge in [0.05, 0.1) is 13.2 Å². The van der Waals surface area contributed by atoms with E-state index >= 15 is 0 Å². The number of aryl methyl sites for hydroxylation is 3. The van der Waals surface area contributed by atoms with Crippen LogP contribution in [0, 0.1) is 13.8 Å². The van der Waals surface area contributed by atoms with Crippen LogP contribution in [-0.4, -0.2) is 19.1 Å². The van der Waals surface area contributed by atoms with E-state index in [0.29, 0.717) is 6.61 Å². The van der Waals surface area contributed by atoms with Crippen molar-refractivity contribution in [3.63, 3.8) is 0 Å². The summed E-state index contributed by atoms with van der Waals surface area (Å²) in [6.07, 6.45) is 1.93. The molecule has 0 fully saturated rings. The molecular formula is C25H28N2O2. The Kier molecular flexibility index (Phi) is 7.28. The van der Waals surface area contributed by atoms with E-state index in [9.17, 15) is 4.79 Å². The second-order valence-corrected chi connectivity index (χ2v) is 7.17. The van der Waals surface area contributed by atoms with E-state index in [0.717, 1.165) is 30.0 Å². The zero-order valence-electron chi connectivity index (χ0n) is 17.1. The molecule has 0 unspecified atom stereocenters. The van der Waals surface area contributed by atoms with E-state index in [1.807, 2.05) is 48.5 Å². The third-order valence-electron chi connectivity index (χ3n) is 4.80. The number of hydrogen-bond donors (Lipinski definition) is 2. The van der Waals surface area contributed by atoms with E-state index in [1.165, 1.54) is 16.7 Å². The van der Waals surface area contributed by atoms with Crippen LogP contribution >= 0.6 is 0 Å². The summed E-state index contributed by atoms with van der Waals surface area (Å²) in [7, 11) is 0. The van der Waals surface area contributed by atoms with Crippen LogP contribution in [0.15, 0.2) is 72.8 Å². The SMILES string of the molecule is Cc1ccc(NCC(=O)Nc2cccc(OCCCc3ccccc3)c2)cc1C. The summed E-state index contributed by atoms with van der Waals surface area (Å²) in [6.45, 7) is 4.99. The van der Waals surface area contributed by atoms with Crippen LogP contribution in [0.2, 0.25) is 0 Å². The fourth-order valence-corrected chi connectivity index (χ4v) is 3.01. The quantitative estimate of drug-likeness (QED) is 0.485. The number of carbonyl (C=O) groups excluding carboxylic acids is 1. The Morgan fingerprint density at radius 2 is 1.69 bits per heavy atom. The average Bonchev–Trinajstić information content (AvgIpc) is 2.73. The van der Waals surface area contributed by atoms with E-state index in [1.54, 1.807) is 0 Å². The van der Waals surface area contributed by atoms with Crippen LogP contribution < -0.4 is 15.4 Å². The number of rotatable bonds is 9. The topological polar surface area (TPSA) is 50.4 Å². The molecule has 3 aromatic carbocycles. The van der Waals surface area contributed by atoms with E-state index in [-0.39, 0.29) is 12.5 Å². The van der Waals surface area contributed by atoms with Crippen molar-refractivity contribution in [1.82, 2.24) is 0 Å². The summed E-state index contributed by atoms with van der Waals surface area (Å²) in [5.41, 5.74) is 5.43. The highest BCUT2D eigenvalue weighted by atomic mass is 16.5. The molecule has 150 valence electrons. The number of ether oxygens (including phenoxy) is 1. The lowest BCUT2D eigenvalue weighted by Gasteiger charge is -2.11. The van der Waals surface area contributed by atoms with Crippen LogP contribution in [0.1, 0.15) is 23.1 Å². The zero-order valence-corrected chi connectivity index (χ0v) is 17.1. The Morgan fingerprint density at radius 1 is 0.862 bits per heavy atom. The number of nitrogens with one attached hydrogen (secondary N) is 2. The van der Waals surface area contributed by atoms with Gasteiger partial charge in [0.1, 0.15) is 5.75 Å². The highest BCUT2D eigenvalue weighted by molar-refractivity contribution is 5.93. The molecule has 4 heteroatoms. The first-order chi connectivity index (χ1) is 14.1. The van der Waals surface area contributed by atoms with E-state index in [2.05, 4.69) is 48.7 Å². The molecule has 0 aliphatic rings. The van der Waals surface area contributed by atoms with Crippen LogP contribution in [0.3, 0.4) is 0 Å². The van der Waals surface area contributed by atoms with Gasteiger partial charge in [0.15, 0.2) is 0 Å². The number of amides is 1. The highest BCUT2D eigenvalue weighted by Gasteiger charge is 2.04. The van der Waals surface area contributed by atoms with Gasteiger partial charge in [-0.05, 0) is 67.6 Å². The smallest absolute Gasteiger partial charge is 0.243 e. The Morgan fingerprint density at radius 3 is 2.48 bits per heavy atom. The molecule has 0 aliphatic carbocycles. The van der Waals surface area contributed by atoms with Crippen molar-refractivity contribution in [3.05, 3.63) is 89.5 Å². The molecular weight excluding hydrogens is 360 g/mol. The number of carbonyl (C=O) groups is 1. The van der Waals surface area contributed by atoms with Gasteiger partial charge in [0, 0.05) is 17.4 Å². The molecule has 29 heavy (non-hydrogen) atoms. The van der Waals surface area contributed by atoms with Gasteiger partial charge in [-0.1, -0.05) is 42.5 Å². The van der Waals surface area contributed by atoms with Crippen molar-refractivity contribution in [2.45, 2.75) is 26.7 Å². The normalized spacial score (nSPS) is 10.4. The van der Waals surface area contributed by atoms with Gasteiger partial charge in [0.25, 0.3) is 0 Å². The average molecular weight is 389 g/mol. The monoisotopic (exact) mass is 388 g/mol. The standard InChI is InChI=1S/C25H28N2O2/c1-19-13-14-22(16-20(19)2)26-18-25(28)27-23-11-6-12-24(17-23)29-15-7-10-21-8-4-3-5-9-21/h3-6,8-9,11-14,16-17,26H,7,10,15,18H2,1-2H3,(H,27,28). The predicted molar refractivity (Wildman–Crippen MR) is 120 cm³/mol. The Bertz CT molecular complexity index is 939. The van der Waals surface area contributed by atoms with Crippen molar-refractivity contribution in [2.24, 2.45) is 0 Å². The van der Waals surface area contributed by atoms with Gasteiger partial charge >= 0.3 is 0 Å². The minimum Gasteiger partial charge on any atom is -0.494 e. The maximum Gasteiger partial charge on any atom is 0.243 e. The van der Waals surface area contributed by atoms with Gasteiger partial charge in [-0.15, -0.1) is 0 Å². The lowest BCUT2D eigenvalue weighted by atomic mass is 10.1. The minimum atomic E-state index is -0.0931. The minimum absolute atomic E-state index is 0.0931. The van der Waals surface area contributed by atoms with Crippen LogP contribution in [-0.2, 0) is 11.2 Å². The van der Waals surface area contributed by atoms with Crippen molar-refractivity contribution in [2.75, 3.05) is 23.8 Å². The number of anilines is 2. The molecule has 0 radical (unpaired) electrons. The second kappa shape index (κ2) is 10.3. The Hall–Kier alpha value is -3.27. The first-order valence-corrected chi connectivity index (χ1v) is 9.98. The predicted octanol–water partition coefficient (Wildman–Crippen LogP) is 5.37. The van der Waals surface area contributed by atoms with Crippen LogP contribution in [0.4, 0.5) is 11.4 Å². The molecule has 3 rings (SSSR count). The number of benzene rings is 3. The number of hydrogen-bond acceptors (Lipinski definition) is 3. The molecule has 0 spiro atoms. The van der Waals surface area contributed by atoms with Crippen molar-refractivity contribution >= 4 is 17.3 Å². The molecule has 2 N–H and O–H groups in total. The Labute approximate surface area is 172 Å². The maximum atomic E-state index is 12.3. The highest BCUT2D eigenvalue weighted by Crippen LogP contribution is 2.18. The van der Waals surface area contributed by atoms with Gasteiger partial charge < -0.3 is 15.4 Å². The fraction of sp³-hybridized carbons (Fsp3) is 0.240. The second-order valence-electron chi connectivity index (χ2n) is 7.17. The Balaban J connectivity index is 1.43. The summed E-state index contributed by atoms with van der Waals surface area (Å²) in [5, 5.41) is 6.07. The molecule has 0 atom stereocenters. The fourth-order valence-electron chi connectivity index (χ4n) is 3.01. The molecule has 0 heterocycles. The third-order valence-corrected chi connectivity index (χ3v) is 4.80. The lowest BCUT2D eigenvalue weighted by Crippen LogP contribution is -2.21. The molecule has 0 saturated heterocycles. The van der Waals surface area contributed by atoms with Crippen molar-refractivity contribution in [1.29, 1.82) is 0 Å². The van der Waals surface area contributed by atoms with Crippen molar-refractivity contribution < 1.29 is 9.53 Å². The molecule has 0 aliphatic heterocycles. The third kappa shape index (κ3) is 6.68. The van der Waals surface area contributed by atoms with Gasteiger partial charge in [-0.25, -0.2) is 0 Å². The summed E-state index contributed by atoms with van der Waals surface area (Å²) in [5.74, 6) is 0.669. The molecule has 1 amide bonds. The van der Waals surface area contributed by atoms with Gasteiger partial charge in [0.2, 0.25) is 5.91 Å². The van der Waals surface area contributed by atoms with E-state index in [4.69, 9.17) is 4.74 Å². The van der Waals surface area contributed by atoms with Gasteiger partial charge in [-0.3, -0.25) is 4.79 Å². The molecule has 4 nitrogen and oxygen atoms in total. The molecule has 3 aromatic rings. The largest absolute Gasteiger partial charge is 0.494 e.